The second kappa shape index (κ2) is 8.43. The maximum atomic E-state index is 6.26. The van der Waals surface area contributed by atoms with E-state index in [1.165, 1.54) is 16.7 Å². The topological polar surface area (TPSA) is 17.8 Å². The highest BCUT2D eigenvalue weighted by Crippen LogP contribution is 2.41. The lowest BCUT2D eigenvalue weighted by Gasteiger charge is -2.38. The van der Waals surface area contributed by atoms with E-state index in [9.17, 15) is 0 Å². The maximum Gasteiger partial charge on any atom is 0.124 e. The zero-order valence-electron chi connectivity index (χ0n) is 14.7. The van der Waals surface area contributed by atoms with Crippen LogP contribution in [0.15, 0.2) is 103 Å². The Morgan fingerprint density at radius 1 is 0.704 bits per heavy atom. The lowest BCUT2D eigenvalue weighted by molar-refractivity contribution is 0.500. The lowest BCUT2D eigenvalue weighted by Crippen LogP contribution is -2.38. The van der Waals surface area contributed by atoms with Gasteiger partial charge >= 0.3 is 0 Å². The van der Waals surface area contributed by atoms with Crippen LogP contribution in [0.1, 0.15) is 22.5 Å². The number of nitrogens with zero attached hydrogens (tertiary/aromatic N) is 2. The first kappa shape index (κ1) is 19.2. The molecule has 0 aliphatic carbocycles. The number of alkyl halides is 1. The summed E-state index contributed by atoms with van der Waals surface area (Å²) in [6, 6.07) is 31.6. The van der Waals surface area contributed by atoms with E-state index < -0.39 is 5.54 Å². The summed E-state index contributed by atoms with van der Waals surface area (Å²) >= 11 is 6.26. The second-order valence-electron chi connectivity index (χ2n) is 6.16. The Bertz CT molecular complexity index is 870. The van der Waals surface area contributed by atoms with Crippen molar-refractivity contribution in [3.63, 3.8) is 0 Å². The average Bonchev–Trinajstić information content (AvgIpc) is 3.20. The van der Waals surface area contributed by atoms with Gasteiger partial charge in [0, 0.05) is 12.4 Å². The van der Waals surface area contributed by atoms with Gasteiger partial charge in [-0.05, 0) is 16.7 Å². The van der Waals surface area contributed by atoms with Crippen LogP contribution >= 0.6 is 24.0 Å². The molecular weight excluding hydrogens is 375 g/mol. The molecule has 3 aromatic carbocycles. The highest BCUT2D eigenvalue weighted by atomic mass is 35.5. The van der Waals surface area contributed by atoms with Gasteiger partial charge in [-0.15, -0.1) is 24.0 Å². The molecule has 0 unspecified atom stereocenters. The third-order valence-electron chi connectivity index (χ3n) is 4.77. The molecule has 0 atom stereocenters. The zero-order chi connectivity index (χ0) is 17.8. The maximum absolute atomic E-state index is 6.26. The molecule has 4 aromatic rings. The van der Waals surface area contributed by atoms with Crippen LogP contribution in [0.25, 0.3) is 0 Å². The fourth-order valence-corrected chi connectivity index (χ4v) is 3.89. The molecule has 0 radical (unpaired) electrons. The molecule has 0 amide bonds. The molecule has 1 heterocycles. The number of rotatable bonds is 5. The van der Waals surface area contributed by atoms with Crippen LogP contribution in [0.5, 0.6) is 0 Å². The van der Waals surface area contributed by atoms with Crippen molar-refractivity contribution in [3.05, 3.63) is 126 Å². The lowest BCUT2D eigenvalue weighted by atomic mass is 9.76. The molecular formula is C23H20Cl2N2. The predicted molar refractivity (Wildman–Crippen MR) is 114 cm³/mol. The largest absolute Gasteiger partial charge is 0.315 e. The molecule has 4 rings (SSSR count). The van der Waals surface area contributed by atoms with E-state index in [2.05, 4.69) is 82.3 Å². The third-order valence-corrected chi connectivity index (χ3v) is 5.01. The van der Waals surface area contributed by atoms with Crippen molar-refractivity contribution in [1.82, 2.24) is 9.55 Å². The van der Waals surface area contributed by atoms with Crippen molar-refractivity contribution in [2.24, 2.45) is 0 Å². The van der Waals surface area contributed by atoms with Gasteiger partial charge in [-0.25, -0.2) is 4.98 Å². The van der Waals surface area contributed by atoms with Gasteiger partial charge in [0.1, 0.15) is 11.4 Å². The molecule has 0 saturated carbocycles. The van der Waals surface area contributed by atoms with Gasteiger partial charge in [0.25, 0.3) is 0 Å². The number of hydrogen-bond donors (Lipinski definition) is 0. The summed E-state index contributed by atoms with van der Waals surface area (Å²) in [5.74, 6) is 1.18. The van der Waals surface area contributed by atoms with Gasteiger partial charge in [0.15, 0.2) is 0 Å². The molecule has 0 N–H and O–H groups in total. The molecule has 0 spiro atoms. The Morgan fingerprint density at radius 3 is 1.48 bits per heavy atom. The summed E-state index contributed by atoms with van der Waals surface area (Å²) in [7, 11) is 0. The van der Waals surface area contributed by atoms with Crippen molar-refractivity contribution in [2.45, 2.75) is 11.4 Å². The van der Waals surface area contributed by atoms with Crippen LogP contribution in [0.2, 0.25) is 0 Å². The average molecular weight is 395 g/mol. The number of hydrogen-bond acceptors (Lipinski definition) is 1. The minimum absolute atomic E-state index is 0. The predicted octanol–water partition coefficient (Wildman–Crippen LogP) is 5.88. The zero-order valence-corrected chi connectivity index (χ0v) is 16.3. The summed E-state index contributed by atoms with van der Waals surface area (Å²) in [4.78, 5) is 4.51. The fourth-order valence-electron chi connectivity index (χ4n) is 3.69. The van der Waals surface area contributed by atoms with Gasteiger partial charge in [-0.3, -0.25) is 0 Å². The monoisotopic (exact) mass is 394 g/mol. The first-order valence-electron chi connectivity index (χ1n) is 8.62. The minimum Gasteiger partial charge on any atom is -0.315 e. The van der Waals surface area contributed by atoms with Crippen molar-refractivity contribution >= 4 is 24.0 Å². The molecule has 27 heavy (non-hydrogen) atoms. The van der Waals surface area contributed by atoms with E-state index in [1.807, 2.05) is 30.6 Å². The Kier molecular flexibility index (Phi) is 6.00. The van der Waals surface area contributed by atoms with E-state index in [0.717, 1.165) is 5.82 Å². The van der Waals surface area contributed by atoms with Crippen LogP contribution in [0.4, 0.5) is 0 Å². The molecule has 0 aliphatic rings. The quantitative estimate of drug-likeness (QED) is 0.305. The van der Waals surface area contributed by atoms with Crippen molar-refractivity contribution in [2.75, 3.05) is 0 Å². The van der Waals surface area contributed by atoms with Crippen molar-refractivity contribution in [1.29, 1.82) is 0 Å². The number of imidazole rings is 1. The summed E-state index contributed by atoms with van der Waals surface area (Å²) in [6.45, 7) is 0. The van der Waals surface area contributed by atoms with Gasteiger partial charge in [-0.1, -0.05) is 91.0 Å². The van der Waals surface area contributed by atoms with Crippen LogP contribution in [-0.2, 0) is 11.4 Å². The normalized spacial score (nSPS) is 11.0. The molecule has 0 fully saturated rings. The molecule has 0 aliphatic heterocycles. The minimum atomic E-state index is -0.537. The third kappa shape index (κ3) is 3.27. The molecule has 0 bridgehead atoms. The van der Waals surface area contributed by atoms with Gasteiger partial charge in [0.2, 0.25) is 0 Å². The van der Waals surface area contributed by atoms with E-state index >= 15 is 0 Å². The Balaban J connectivity index is 0.00000210. The van der Waals surface area contributed by atoms with Crippen molar-refractivity contribution in [3.8, 4) is 0 Å². The molecule has 136 valence electrons. The van der Waals surface area contributed by atoms with Gasteiger partial charge < -0.3 is 4.57 Å². The number of aromatic nitrogens is 2. The van der Waals surface area contributed by atoms with Crippen LogP contribution in [0, 0.1) is 0 Å². The van der Waals surface area contributed by atoms with E-state index in [1.54, 1.807) is 0 Å². The van der Waals surface area contributed by atoms with Gasteiger partial charge in [-0.2, -0.15) is 0 Å². The Hall–Kier alpha value is -2.55. The molecule has 4 heteroatoms. The second-order valence-corrected chi connectivity index (χ2v) is 6.42. The summed E-state index contributed by atoms with van der Waals surface area (Å²) in [5, 5.41) is 0. The Morgan fingerprint density at radius 2 is 1.11 bits per heavy atom. The molecule has 2 nitrogen and oxygen atoms in total. The molecule has 0 saturated heterocycles. The van der Waals surface area contributed by atoms with Crippen molar-refractivity contribution < 1.29 is 0 Å². The van der Waals surface area contributed by atoms with E-state index in [0.29, 0.717) is 5.88 Å². The SMILES string of the molecule is Cl.ClCc1nccn1C(c1ccccc1)(c1ccccc1)c1ccccc1. The smallest absolute Gasteiger partial charge is 0.124 e. The summed E-state index contributed by atoms with van der Waals surface area (Å²) < 4.78 is 2.19. The number of halogens is 2. The highest BCUT2D eigenvalue weighted by molar-refractivity contribution is 6.16. The first-order chi connectivity index (χ1) is 12.9. The fraction of sp³-hybridized carbons (Fsp3) is 0.0870. The molecule has 1 aromatic heterocycles. The number of benzene rings is 3. The van der Waals surface area contributed by atoms with Crippen LogP contribution < -0.4 is 0 Å². The van der Waals surface area contributed by atoms with Crippen LogP contribution in [-0.4, -0.2) is 9.55 Å². The highest BCUT2D eigenvalue weighted by Gasteiger charge is 2.39. The van der Waals surface area contributed by atoms with Crippen LogP contribution in [0.3, 0.4) is 0 Å². The van der Waals surface area contributed by atoms with E-state index in [-0.39, 0.29) is 12.4 Å². The van der Waals surface area contributed by atoms with Gasteiger partial charge in [0.05, 0.1) is 5.88 Å². The Labute approximate surface area is 170 Å². The summed E-state index contributed by atoms with van der Waals surface area (Å²) in [6.07, 6.45) is 3.84. The summed E-state index contributed by atoms with van der Waals surface area (Å²) in [5.41, 5.74) is 2.97. The van der Waals surface area contributed by atoms with E-state index in [4.69, 9.17) is 11.6 Å². The first-order valence-corrected chi connectivity index (χ1v) is 9.16. The standard InChI is InChI=1S/C23H19ClN2.ClH/c24-18-22-25-16-17-26(22)23(19-10-4-1-5-11-19,20-12-6-2-7-13-20)21-14-8-3-9-15-21;/h1-17H,18H2;1H.